The number of nitrogens with one attached hydrogen (secondary N) is 1. The number of morpholine rings is 1. The topological polar surface area (TPSA) is 88.6 Å². The third-order valence-corrected chi connectivity index (χ3v) is 7.42. The van der Waals surface area contributed by atoms with E-state index in [1.807, 2.05) is 6.92 Å². The molecule has 1 saturated heterocycles. The van der Waals surface area contributed by atoms with Gasteiger partial charge in [0.05, 0.1) is 23.9 Å². The highest BCUT2D eigenvalue weighted by atomic mass is 32.2. The van der Waals surface area contributed by atoms with E-state index in [1.54, 1.807) is 6.92 Å². The van der Waals surface area contributed by atoms with Gasteiger partial charge in [0.1, 0.15) is 15.6 Å². The van der Waals surface area contributed by atoms with Crippen molar-refractivity contribution < 1.29 is 22.3 Å². The molecular weight excluding hydrogens is 405 g/mol. The van der Waals surface area contributed by atoms with Gasteiger partial charge in [0, 0.05) is 18.8 Å². The van der Waals surface area contributed by atoms with Crippen LogP contribution in [0.4, 0.5) is 10.1 Å². The Morgan fingerprint density at radius 3 is 2.75 bits per heavy atom. The van der Waals surface area contributed by atoms with E-state index in [2.05, 4.69) is 10.3 Å². The maximum Gasteiger partial charge on any atom is 0.267 e. The van der Waals surface area contributed by atoms with Gasteiger partial charge in [0.15, 0.2) is 0 Å². The van der Waals surface area contributed by atoms with E-state index in [0.29, 0.717) is 10.6 Å². The van der Waals surface area contributed by atoms with E-state index in [1.165, 1.54) is 21.7 Å². The number of ether oxygens (including phenoxy) is 1. The lowest BCUT2D eigenvalue weighted by molar-refractivity contribution is 0.0729. The summed E-state index contributed by atoms with van der Waals surface area (Å²) >= 11 is 1.31. The zero-order chi connectivity index (χ0) is 20.3. The summed E-state index contributed by atoms with van der Waals surface area (Å²) in [5.74, 6) is -1.25. The molecule has 0 saturated carbocycles. The highest BCUT2D eigenvalue weighted by molar-refractivity contribution is 7.89. The second-order valence-corrected chi connectivity index (χ2v) is 9.38. The molecule has 152 valence electrons. The highest BCUT2D eigenvalue weighted by Crippen LogP contribution is 2.25. The van der Waals surface area contributed by atoms with Gasteiger partial charge in [-0.15, -0.1) is 11.3 Å². The van der Waals surface area contributed by atoms with Crippen molar-refractivity contribution in [2.45, 2.75) is 31.6 Å². The highest BCUT2D eigenvalue weighted by Gasteiger charge is 2.29. The van der Waals surface area contributed by atoms with Crippen LogP contribution in [0.15, 0.2) is 23.1 Å². The van der Waals surface area contributed by atoms with Gasteiger partial charge in [-0.05, 0) is 38.0 Å². The average Bonchev–Trinajstić information content (AvgIpc) is 3.04. The maximum absolute atomic E-state index is 14.3. The van der Waals surface area contributed by atoms with Crippen LogP contribution in [0.25, 0.3) is 0 Å². The molecule has 2 aromatic rings. The lowest BCUT2D eigenvalue weighted by Gasteiger charge is -2.26. The Bertz CT molecular complexity index is 969. The van der Waals surface area contributed by atoms with Gasteiger partial charge < -0.3 is 10.1 Å². The minimum absolute atomic E-state index is 0.165. The third kappa shape index (κ3) is 4.40. The zero-order valence-corrected chi connectivity index (χ0v) is 17.3. The second kappa shape index (κ2) is 8.64. The number of amides is 1. The van der Waals surface area contributed by atoms with Crippen molar-refractivity contribution >= 4 is 33.0 Å². The SMILES string of the molecule is CCCc1nc(C)c(C(=O)Nc2ccc(F)c(S(=O)(=O)N3CCOCC3)c2)s1. The van der Waals surface area contributed by atoms with Crippen LogP contribution in [-0.2, 0) is 21.2 Å². The van der Waals surface area contributed by atoms with Gasteiger partial charge >= 0.3 is 0 Å². The first kappa shape index (κ1) is 20.8. The fourth-order valence-electron chi connectivity index (χ4n) is 2.88. The molecule has 1 fully saturated rings. The molecule has 2 heterocycles. The Labute approximate surface area is 167 Å². The standard InChI is InChI=1S/C18H22FN3O4S2/c1-3-4-16-20-12(2)17(27-16)18(23)21-13-5-6-14(19)15(11-13)28(24,25)22-7-9-26-10-8-22/h5-6,11H,3-4,7-10H2,1-2H3,(H,21,23). The molecule has 1 aromatic heterocycles. The van der Waals surface area contributed by atoms with E-state index < -0.39 is 26.6 Å². The molecule has 0 radical (unpaired) electrons. The molecule has 1 amide bonds. The summed E-state index contributed by atoms with van der Waals surface area (Å²) < 4.78 is 46.1. The smallest absolute Gasteiger partial charge is 0.267 e. The van der Waals surface area contributed by atoms with Gasteiger partial charge in [-0.2, -0.15) is 4.31 Å². The zero-order valence-electron chi connectivity index (χ0n) is 15.7. The number of hydrogen-bond acceptors (Lipinski definition) is 6. The molecule has 1 aliphatic rings. The first-order chi connectivity index (χ1) is 13.3. The van der Waals surface area contributed by atoms with Crippen LogP contribution in [0.5, 0.6) is 0 Å². The van der Waals surface area contributed by atoms with Crippen LogP contribution in [0.3, 0.4) is 0 Å². The van der Waals surface area contributed by atoms with Crippen LogP contribution < -0.4 is 5.32 Å². The number of aryl methyl sites for hydroxylation is 2. The van der Waals surface area contributed by atoms with Crippen LogP contribution in [0.1, 0.15) is 33.7 Å². The van der Waals surface area contributed by atoms with Gasteiger partial charge in [-0.3, -0.25) is 4.79 Å². The van der Waals surface area contributed by atoms with Crippen LogP contribution in [0, 0.1) is 12.7 Å². The van der Waals surface area contributed by atoms with Gasteiger partial charge in [0.2, 0.25) is 10.0 Å². The molecule has 0 atom stereocenters. The predicted octanol–water partition coefficient (Wildman–Crippen LogP) is 2.82. The van der Waals surface area contributed by atoms with E-state index in [-0.39, 0.29) is 32.0 Å². The third-order valence-electron chi connectivity index (χ3n) is 4.29. The molecule has 0 unspecified atom stereocenters. The molecule has 3 rings (SSSR count). The minimum atomic E-state index is -4.01. The quantitative estimate of drug-likeness (QED) is 0.766. The summed E-state index contributed by atoms with van der Waals surface area (Å²) in [4.78, 5) is 17.0. The number of hydrogen-bond donors (Lipinski definition) is 1. The minimum Gasteiger partial charge on any atom is -0.379 e. The number of thiazole rings is 1. The largest absolute Gasteiger partial charge is 0.379 e. The Kier molecular flexibility index (Phi) is 6.43. The normalized spacial score (nSPS) is 15.5. The summed E-state index contributed by atoms with van der Waals surface area (Å²) in [5, 5.41) is 3.53. The van der Waals surface area contributed by atoms with Crippen molar-refractivity contribution in [3.63, 3.8) is 0 Å². The van der Waals surface area contributed by atoms with Crippen LogP contribution >= 0.6 is 11.3 Å². The summed E-state index contributed by atoms with van der Waals surface area (Å²) in [6, 6.07) is 3.54. The van der Waals surface area contributed by atoms with Crippen molar-refractivity contribution in [2.24, 2.45) is 0 Å². The number of carbonyl (C=O) groups excluding carboxylic acids is 1. The number of carbonyl (C=O) groups is 1. The Morgan fingerprint density at radius 1 is 1.36 bits per heavy atom. The van der Waals surface area contributed by atoms with Crippen LogP contribution in [-0.4, -0.2) is 49.9 Å². The second-order valence-electron chi connectivity index (χ2n) is 6.39. The first-order valence-corrected chi connectivity index (χ1v) is 11.2. The molecule has 1 aromatic carbocycles. The molecule has 28 heavy (non-hydrogen) atoms. The van der Waals surface area contributed by atoms with E-state index >= 15 is 0 Å². The summed E-state index contributed by atoms with van der Waals surface area (Å²) in [6.07, 6.45) is 1.71. The fraction of sp³-hybridized carbons (Fsp3) is 0.444. The predicted molar refractivity (Wildman–Crippen MR) is 105 cm³/mol. The monoisotopic (exact) mass is 427 g/mol. The lowest BCUT2D eigenvalue weighted by atomic mass is 10.3. The Hall–Kier alpha value is -1.88. The number of halogens is 1. The molecule has 0 aliphatic carbocycles. The van der Waals surface area contributed by atoms with Crippen molar-refractivity contribution in [3.05, 3.63) is 39.6 Å². The van der Waals surface area contributed by atoms with E-state index in [0.717, 1.165) is 30.0 Å². The van der Waals surface area contributed by atoms with Crippen molar-refractivity contribution in [1.82, 2.24) is 9.29 Å². The van der Waals surface area contributed by atoms with Crippen molar-refractivity contribution in [2.75, 3.05) is 31.6 Å². The van der Waals surface area contributed by atoms with E-state index in [9.17, 15) is 17.6 Å². The summed E-state index contributed by atoms with van der Waals surface area (Å²) in [6.45, 7) is 4.65. The molecule has 10 heteroatoms. The molecule has 7 nitrogen and oxygen atoms in total. The Morgan fingerprint density at radius 2 is 2.07 bits per heavy atom. The molecule has 0 spiro atoms. The molecule has 0 bridgehead atoms. The molecular formula is C18H22FN3O4S2. The van der Waals surface area contributed by atoms with Crippen molar-refractivity contribution in [3.8, 4) is 0 Å². The van der Waals surface area contributed by atoms with Crippen molar-refractivity contribution in [1.29, 1.82) is 0 Å². The van der Waals surface area contributed by atoms with Gasteiger partial charge in [-0.1, -0.05) is 6.92 Å². The maximum atomic E-state index is 14.3. The van der Waals surface area contributed by atoms with E-state index in [4.69, 9.17) is 4.74 Å². The Balaban J connectivity index is 1.84. The summed E-state index contributed by atoms with van der Waals surface area (Å²) in [5.41, 5.74) is 0.831. The fourth-order valence-corrected chi connectivity index (χ4v) is 5.44. The number of sulfonamides is 1. The van der Waals surface area contributed by atoms with Crippen LogP contribution in [0.2, 0.25) is 0 Å². The lowest BCUT2D eigenvalue weighted by Crippen LogP contribution is -2.40. The number of aromatic nitrogens is 1. The number of benzene rings is 1. The first-order valence-electron chi connectivity index (χ1n) is 8.98. The van der Waals surface area contributed by atoms with Gasteiger partial charge in [0.25, 0.3) is 5.91 Å². The number of nitrogens with zero attached hydrogens (tertiary/aromatic N) is 2. The van der Waals surface area contributed by atoms with Gasteiger partial charge in [-0.25, -0.2) is 17.8 Å². The summed E-state index contributed by atoms with van der Waals surface area (Å²) in [7, 11) is -4.01. The molecule has 1 N–H and O–H groups in total. The average molecular weight is 428 g/mol. The molecule has 1 aliphatic heterocycles. The number of anilines is 1. The number of rotatable bonds is 6.